The summed E-state index contributed by atoms with van der Waals surface area (Å²) in [5.74, 6) is 5.57. The van der Waals surface area contributed by atoms with Gasteiger partial charge in [0.15, 0.2) is 0 Å². The van der Waals surface area contributed by atoms with Gasteiger partial charge in [-0.15, -0.1) is 0 Å². The summed E-state index contributed by atoms with van der Waals surface area (Å²) in [6, 6.07) is 4.94. The molecule has 18 heavy (non-hydrogen) atoms. The molecule has 4 nitrogen and oxygen atoms in total. The zero-order chi connectivity index (χ0) is 13.5. The van der Waals surface area contributed by atoms with Gasteiger partial charge in [0.1, 0.15) is 0 Å². The van der Waals surface area contributed by atoms with Crippen LogP contribution in [0.1, 0.15) is 19.4 Å². The van der Waals surface area contributed by atoms with E-state index in [9.17, 15) is 4.79 Å². The summed E-state index contributed by atoms with van der Waals surface area (Å²) in [4.78, 5) is 11.5. The number of carbonyl (C=O) groups excluding carboxylic acids is 1. The van der Waals surface area contributed by atoms with Crippen molar-refractivity contribution in [2.24, 2.45) is 5.73 Å². The molecule has 0 aliphatic carbocycles. The molecule has 0 atom stereocenters. The molecule has 0 spiro atoms. The van der Waals surface area contributed by atoms with Crippen LogP contribution in [0.2, 0.25) is 5.02 Å². The number of anilines is 1. The number of rotatable bonds is 2. The molecule has 0 bridgehead atoms. The van der Waals surface area contributed by atoms with Crippen LogP contribution < -0.4 is 16.4 Å². The van der Waals surface area contributed by atoms with E-state index in [0.29, 0.717) is 16.3 Å². The topological polar surface area (TPSA) is 67.2 Å². The SMILES string of the molecule is CC(C)NC(=O)Nc1ccc(Cl)c(C#CCN)c1. The molecule has 0 radical (unpaired) electrons. The molecule has 0 aromatic heterocycles. The van der Waals surface area contributed by atoms with Crippen LogP contribution in [0.5, 0.6) is 0 Å². The van der Waals surface area contributed by atoms with Gasteiger partial charge in [0.2, 0.25) is 0 Å². The Morgan fingerprint density at radius 2 is 2.22 bits per heavy atom. The van der Waals surface area contributed by atoms with E-state index in [1.165, 1.54) is 0 Å². The van der Waals surface area contributed by atoms with Gasteiger partial charge in [-0.3, -0.25) is 0 Å². The molecule has 1 aromatic carbocycles. The molecule has 1 rings (SSSR count). The molecule has 0 aliphatic heterocycles. The van der Waals surface area contributed by atoms with Gasteiger partial charge in [-0.05, 0) is 32.0 Å². The maximum absolute atomic E-state index is 11.5. The molecule has 0 fully saturated rings. The Balaban J connectivity index is 2.82. The number of urea groups is 1. The van der Waals surface area contributed by atoms with Crippen LogP contribution >= 0.6 is 11.6 Å². The Morgan fingerprint density at radius 3 is 2.83 bits per heavy atom. The van der Waals surface area contributed by atoms with Crippen molar-refractivity contribution >= 4 is 23.3 Å². The fraction of sp³-hybridized carbons (Fsp3) is 0.308. The normalized spacial score (nSPS) is 9.61. The van der Waals surface area contributed by atoms with E-state index < -0.39 is 0 Å². The van der Waals surface area contributed by atoms with Gasteiger partial charge >= 0.3 is 6.03 Å². The second-order valence-corrected chi connectivity index (χ2v) is 4.36. The van der Waals surface area contributed by atoms with Crippen molar-refractivity contribution < 1.29 is 4.79 Å². The second kappa shape index (κ2) is 6.90. The molecule has 96 valence electrons. The van der Waals surface area contributed by atoms with E-state index in [2.05, 4.69) is 22.5 Å². The number of benzene rings is 1. The first-order chi connectivity index (χ1) is 8.52. The molecule has 4 N–H and O–H groups in total. The quantitative estimate of drug-likeness (QED) is 0.718. The summed E-state index contributed by atoms with van der Waals surface area (Å²) in [6.45, 7) is 4.04. The van der Waals surface area contributed by atoms with Gasteiger partial charge in [0.05, 0.1) is 11.6 Å². The molecule has 2 amide bonds. The predicted octanol–water partition coefficient (Wildman–Crippen LogP) is 2.18. The van der Waals surface area contributed by atoms with Crippen LogP contribution in [0.4, 0.5) is 10.5 Å². The second-order valence-electron chi connectivity index (χ2n) is 3.95. The van der Waals surface area contributed by atoms with E-state index in [4.69, 9.17) is 17.3 Å². The zero-order valence-corrected chi connectivity index (χ0v) is 11.1. The fourth-order valence-electron chi connectivity index (χ4n) is 1.27. The summed E-state index contributed by atoms with van der Waals surface area (Å²) in [6.07, 6.45) is 0. The van der Waals surface area contributed by atoms with Crippen molar-refractivity contribution in [3.63, 3.8) is 0 Å². The molecule has 0 unspecified atom stereocenters. The van der Waals surface area contributed by atoms with Crippen molar-refractivity contribution in [3.05, 3.63) is 28.8 Å². The van der Waals surface area contributed by atoms with E-state index >= 15 is 0 Å². The number of halogens is 1. The molecule has 1 aromatic rings. The average molecular weight is 266 g/mol. The fourth-order valence-corrected chi connectivity index (χ4v) is 1.44. The van der Waals surface area contributed by atoms with Crippen LogP contribution in [0.15, 0.2) is 18.2 Å². The lowest BCUT2D eigenvalue weighted by molar-refractivity contribution is 0.250. The number of hydrogen-bond donors (Lipinski definition) is 3. The monoisotopic (exact) mass is 265 g/mol. The Kier molecular flexibility index (Phi) is 5.50. The van der Waals surface area contributed by atoms with Gasteiger partial charge in [-0.1, -0.05) is 23.4 Å². The Morgan fingerprint density at radius 1 is 1.50 bits per heavy atom. The third-order valence-corrected chi connectivity index (χ3v) is 2.30. The van der Waals surface area contributed by atoms with Gasteiger partial charge in [-0.25, -0.2) is 4.79 Å². The standard InChI is InChI=1S/C13H16ClN3O/c1-9(2)16-13(18)17-11-5-6-12(14)10(8-11)4-3-7-15/h5-6,8-9H,7,15H2,1-2H3,(H2,16,17,18). The lowest BCUT2D eigenvalue weighted by Crippen LogP contribution is -2.34. The largest absolute Gasteiger partial charge is 0.336 e. The molecule has 0 saturated heterocycles. The summed E-state index contributed by atoms with van der Waals surface area (Å²) < 4.78 is 0. The highest BCUT2D eigenvalue weighted by Crippen LogP contribution is 2.19. The summed E-state index contributed by atoms with van der Waals surface area (Å²) in [5.41, 5.74) is 6.58. The van der Waals surface area contributed by atoms with Gasteiger partial charge in [-0.2, -0.15) is 0 Å². The van der Waals surface area contributed by atoms with Crippen molar-refractivity contribution in [2.75, 3.05) is 11.9 Å². The number of hydrogen-bond acceptors (Lipinski definition) is 2. The van der Waals surface area contributed by atoms with Crippen LogP contribution in [0.3, 0.4) is 0 Å². The molecule has 0 heterocycles. The van der Waals surface area contributed by atoms with Crippen LogP contribution in [0, 0.1) is 11.8 Å². The summed E-state index contributed by atoms with van der Waals surface area (Å²) in [5, 5.41) is 5.97. The molecule has 5 heteroatoms. The Hall–Kier alpha value is -1.70. The minimum atomic E-state index is -0.259. The minimum absolute atomic E-state index is 0.0776. The lowest BCUT2D eigenvalue weighted by atomic mass is 10.2. The maximum atomic E-state index is 11.5. The Bertz CT molecular complexity index is 489. The lowest BCUT2D eigenvalue weighted by Gasteiger charge is -2.10. The average Bonchev–Trinajstić information content (AvgIpc) is 2.28. The van der Waals surface area contributed by atoms with Gasteiger partial charge in [0, 0.05) is 17.3 Å². The van der Waals surface area contributed by atoms with E-state index in [-0.39, 0.29) is 18.6 Å². The van der Waals surface area contributed by atoms with E-state index in [0.717, 1.165) is 0 Å². The first-order valence-corrected chi connectivity index (χ1v) is 5.96. The van der Waals surface area contributed by atoms with E-state index in [1.807, 2.05) is 13.8 Å². The predicted molar refractivity (Wildman–Crippen MR) is 74.7 cm³/mol. The number of nitrogens with one attached hydrogen (secondary N) is 2. The first-order valence-electron chi connectivity index (χ1n) is 5.59. The third-order valence-electron chi connectivity index (χ3n) is 1.97. The third kappa shape index (κ3) is 4.66. The molecule has 0 aliphatic rings. The summed E-state index contributed by atoms with van der Waals surface area (Å²) >= 11 is 5.98. The number of amides is 2. The van der Waals surface area contributed by atoms with Crippen molar-refractivity contribution in [2.45, 2.75) is 19.9 Å². The molecular weight excluding hydrogens is 250 g/mol. The highest BCUT2D eigenvalue weighted by atomic mass is 35.5. The maximum Gasteiger partial charge on any atom is 0.319 e. The molecule has 0 saturated carbocycles. The highest BCUT2D eigenvalue weighted by Gasteiger charge is 2.05. The minimum Gasteiger partial charge on any atom is -0.336 e. The smallest absolute Gasteiger partial charge is 0.319 e. The summed E-state index contributed by atoms with van der Waals surface area (Å²) in [7, 11) is 0. The first kappa shape index (κ1) is 14.4. The molecular formula is C13H16ClN3O. The van der Waals surface area contributed by atoms with Crippen LogP contribution in [0.25, 0.3) is 0 Å². The van der Waals surface area contributed by atoms with Crippen LogP contribution in [-0.2, 0) is 0 Å². The van der Waals surface area contributed by atoms with E-state index in [1.54, 1.807) is 18.2 Å². The van der Waals surface area contributed by atoms with Gasteiger partial charge < -0.3 is 16.4 Å². The van der Waals surface area contributed by atoms with Crippen LogP contribution in [-0.4, -0.2) is 18.6 Å². The number of nitrogens with two attached hydrogens (primary N) is 1. The van der Waals surface area contributed by atoms with Crippen molar-refractivity contribution in [3.8, 4) is 11.8 Å². The van der Waals surface area contributed by atoms with Crippen molar-refractivity contribution in [1.29, 1.82) is 0 Å². The number of carbonyl (C=O) groups is 1. The van der Waals surface area contributed by atoms with Gasteiger partial charge in [0.25, 0.3) is 0 Å². The zero-order valence-electron chi connectivity index (χ0n) is 10.4. The highest BCUT2D eigenvalue weighted by molar-refractivity contribution is 6.31. The van der Waals surface area contributed by atoms with Crippen molar-refractivity contribution in [1.82, 2.24) is 5.32 Å². The Labute approximate surface area is 112 Å².